The minimum Gasteiger partial charge on any atom is -0.379 e. The van der Waals surface area contributed by atoms with Crippen molar-refractivity contribution < 1.29 is 9.53 Å². The SMILES string of the molecule is Cc1ccncc1CC(=O)N[C@H]1CCOC[C@H]1Nc1ccncn1. The molecule has 1 aliphatic heterocycles. The Labute approximate surface area is 140 Å². The molecule has 3 rings (SSSR count). The highest BCUT2D eigenvalue weighted by atomic mass is 16.5. The summed E-state index contributed by atoms with van der Waals surface area (Å²) in [6, 6.07) is 3.69. The van der Waals surface area contributed by atoms with Crippen molar-refractivity contribution in [2.24, 2.45) is 0 Å². The minimum absolute atomic E-state index is 0.00167. The van der Waals surface area contributed by atoms with E-state index in [0.29, 0.717) is 19.6 Å². The highest BCUT2D eigenvalue weighted by Gasteiger charge is 2.27. The zero-order valence-corrected chi connectivity index (χ0v) is 13.6. The lowest BCUT2D eigenvalue weighted by Gasteiger charge is -2.33. The number of pyridine rings is 1. The first-order valence-corrected chi connectivity index (χ1v) is 8.01. The van der Waals surface area contributed by atoms with E-state index in [1.165, 1.54) is 6.33 Å². The van der Waals surface area contributed by atoms with E-state index in [0.717, 1.165) is 23.4 Å². The molecule has 0 aromatic carbocycles. The third kappa shape index (κ3) is 4.26. The average Bonchev–Trinajstić information content (AvgIpc) is 2.60. The number of carbonyl (C=O) groups is 1. The van der Waals surface area contributed by atoms with Crippen LogP contribution in [-0.4, -0.2) is 46.2 Å². The van der Waals surface area contributed by atoms with Crippen molar-refractivity contribution in [1.82, 2.24) is 20.3 Å². The molecular formula is C17H21N5O2. The van der Waals surface area contributed by atoms with E-state index >= 15 is 0 Å². The highest BCUT2D eigenvalue weighted by molar-refractivity contribution is 5.79. The number of anilines is 1. The largest absolute Gasteiger partial charge is 0.379 e. The molecule has 0 unspecified atom stereocenters. The number of amides is 1. The van der Waals surface area contributed by atoms with Crippen LogP contribution in [0.25, 0.3) is 0 Å². The van der Waals surface area contributed by atoms with Gasteiger partial charge in [-0.25, -0.2) is 9.97 Å². The number of aryl methyl sites for hydroxylation is 1. The minimum atomic E-state index is -0.0207. The molecule has 126 valence electrons. The summed E-state index contributed by atoms with van der Waals surface area (Å²) in [5.41, 5.74) is 2.02. The third-order valence-electron chi connectivity index (χ3n) is 4.12. The number of ether oxygens (including phenoxy) is 1. The molecule has 2 atom stereocenters. The van der Waals surface area contributed by atoms with Crippen molar-refractivity contribution in [2.45, 2.75) is 31.8 Å². The van der Waals surface area contributed by atoms with E-state index in [1.54, 1.807) is 24.7 Å². The number of nitrogens with zero attached hydrogens (tertiary/aromatic N) is 3. The number of aromatic nitrogens is 3. The number of rotatable bonds is 5. The molecule has 1 aliphatic rings. The zero-order valence-electron chi connectivity index (χ0n) is 13.6. The van der Waals surface area contributed by atoms with E-state index in [2.05, 4.69) is 25.6 Å². The molecule has 2 N–H and O–H groups in total. The Balaban J connectivity index is 1.61. The van der Waals surface area contributed by atoms with Crippen LogP contribution >= 0.6 is 0 Å². The zero-order chi connectivity index (χ0) is 16.8. The van der Waals surface area contributed by atoms with Crippen molar-refractivity contribution in [1.29, 1.82) is 0 Å². The molecule has 1 fully saturated rings. The van der Waals surface area contributed by atoms with E-state index in [-0.39, 0.29) is 18.0 Å². The molecule has 0 aliphatic carbocycles. The molecule has 0 radical (unpaired) electrons. The lowest BCUT2D eigenvalue weighted by Crippen LogP contribution is -2.52. The number of nitrogens with one attached hydrogen (secondary N) is 2. The van der Waals surface area contributed by atoms with Gasteiger partial charge in [0.25, 0.3) is 0 Å². The average molecular weight is 327 g/mol. The predicted molar refractivity (Wildman–Crippen MR) is 89.5 cm³/mol. The molecule has 0 bridgehead atoms. The Morgan fingerprint density at radius 2 is 2.17 bits per heavy atom. The molecule has 3 heterocycles. The van der Waals surface area contributed by atoms with E-state index in [9.17, 15) is 4.79 Å². The molecular weight excluding hydrogens is 306 g/mol. The summed E-state index contributed by atoms with van der Waals surface area (Å²) in [7, 11) is 0. The van der Waals surface area contributed by atoms with Crippen LogP contribution in [0.5, 0.6) is 0 Å². The predicted octanol–water partition coefficient (Wildman–Crippen LogP) is 1.11. The topological polar surface area (TPSA) is 89.0 Å². The fourth-order valence-corrected chi connectivity index (χ4v) is 2.73. The summed E-state index contributed by atoms with van der Waals surface area (Å²) in [5.74, 6) is 0.718. The van der Waals surface area contributed by atoms with E-state index in [1.807, 2.05) is 13.0 Å². The van der Waals surface area contributed by atoms with Crippen LogP contribution in [0, 0.1) is 6.92 Å². The van der Waals surface area contributed by atoms with Crippen LogP contribution in [0.1, 0.15) is 17.5 Å². The molecule has 2 aromatic heterocycles. The van der Waals surface area contributed by atoms with Crippen LogP contribution in [0.4, 0.5) is 5.82 Å². The van der Waals surface area contributed by atoms with Crippen LogP contribution in [0.15, 0.2) is 37.1 Å². The van der Waals surface area contributed by atoms with Gasteiger partial charge >= 0.3 is 0 Å². The fraction of sp³-hybridized carbons (Fsp3) is 0.412. The molecule has 7 nitrogen and oxygen atoms in total. The standard InChI is InChI=1S/C17H21N5O2/c1-12-2-5-18-9-13(12)8-17(23)22-14-4-7-24-10-15(14)21-16-3-6-19-11-20-16/h2-3,5-6,9,11,14-15H,4,7-8,10H2,1H3,(H,22,23)(H,19,20,21)/t14-,15+/m0/s1. The van der Waals surface area contributed by atoms with E-state index < -0.39 is 0 Å². The summed E-state index contributed by atoms with van der Waals surface area (Å²) in [6.45, 7) is 3.15. The van der Waals surface area contributed by atoms with Crippen LogP contribution in [-0.2, 0) is 16.0 Å². The Kier molecular flexibility index (Phi) is 5.32. The first-order valence-electron chi connectivity index (χ1n) is 8.01. The normalized spacial score (nSPS) is 20.4. The Bertz CT molecular complexity index is 680. The van der Waals surface area contributed by atoms with Crippen LogP contribution in [0.2, 0.25) is 0 Å². The quantitative estimate of drug-likeness (QED) is 0.855. The van der Waals surface area contributed by atoms with Gasteiger partial charge in [0.1, 0.15) is 12.1 Å². The van der Waals surface area contributed by atoms with Gasteiger partial charge in [-0.15, -0.1) is 0 Å². The highest BCUT2D eigenvalue weighted by Crippen LogP contribution is 2.14. The van der Waals surface area contributed by atoms with Crippen molar-refractivity contribution in [3.05, 3.63) is 48.2 Å². The maximum absolute atomic E-state index is 12.4. The van der Waals surface area contributed by atoms with Gasteiger partial charge in [-0.1, -0.05) is 0 Å². The third-order valence-corrected chi connectivity index (χ3v) is 4.12. The van der Waals surface area contributed by atoms with Gasteiger partial charge in [0.15, 0.2) is 0 Å². The van der Waals surface area contributed by atoms with Crippen molar-refractivity contribution >= 4 is 11.7 Å². The number of hydrogen-bond acceptors (Lipinski definition) is 6. The van der Waals surface area contributed by atoms with Crippen molar-refractivity contribution in [3.8, 4) is 0 Å². The van der Waals surface area contributed by atoms with Gasteiger partial charge in [0, 0.05) is 25.2 Å². The first-order chi connectivity index (χ1) is 11.7. The summed E-state index contributed by atoms with van der Waals surface area (Å²) in [5, 5.41) is 6.42. The second-order valence-corrected chi connectivity index (χ2v) is 5.86. The van der Waals surface area contributed by atoms with Gasteiger partial charge in [-0.3, -0.25) is 9.78 Å². The maximum Gasteiger partial charge on any atom is 0.224 e. The lowest BCUT2D eigenvalue weighted by atomic mass is 10.0. The van der Waals surface area contributed by atoms with Gasteiger partial charge < -0.3 is 15.4 Å². The molecule has 0 saturated carbocycles. The summed E-state index contributed by atoms with van der Waals surface area (Å²) < 4.78 is 5.54. The van der Waals surface area contributed by atoms with Crippen molar-refractivity contribution in [2.75, 3.05) is 18.5 Å². The molecule has 1 saturated heterocycles. The number of carbonyl (C=O) groups excluding carboxylic acids is 1. The van der Waals surface area contributed by atoms with Crippen LogP contribution < -0.4 is 10.6 Å². The molecule has 0 spiro atoms. The van der Waals surface area contributed by atoms with Crippen molar-refractivity contribution in [3.63, 3.8) is 0 Å². The second kappa shape index (κ2) is 7.83. The van der Waals surface area contributed by atoms with E-state index in [4.69, 9.17) is 4.74 Å². The molecule has 2 aromatic rings. The Morgan fingerprint density at radius 1 is 1.29 bits per heavy atom. The monoisotopic (exact) mass is 327 g/mol. The Morgan fingerprint density at radius 3 is 2.96 bits per heavy atom. The maximum atomic E-state index is 12.4. The summed E-state index contributed by atoms with van der Waals surface area (Å²) >= 11 is 0. The Hall–Kier alpha value is -2.54. The summed E-state index contributed by atoms with van der Waals surface area (Å²) in [6.07, 6.45) is 7.74. The fourth-order valence-electron chi connectivity index (χ4n) is 2.73. The van der Waals surface area contributed by atoms with Gasteiger partial charge in [-0.05, 0) is 36.6 Å². The van der Waals surface area contributed by atoms with Gasteiger partial charge in [0.05, 0.1) is 25.1 Å². The first kappa shape index (κ1) is 16.3. The van der Waals surface area contributed by atoms with Crippen LogP contribution in [0.3, 0.4) is 0 Å². The number of hydrogen-bond donors (Lipinski definition) is 2. The van der Waals surface area contributed by atoms with Gasteiger partial charge in [0.2, 0.25) is 5.91 Å². The smallest absolute Gasteiger partial charge is 0.224 e. The summed E-state index contributed by atoms with van der Waals surface area (Å²) in [4.78, 5) is 24.6. The second-order valence-electron chi connectivity index (χ2n) is 5.86. The molecule has 1 amide bonds. The van der Waals surface area contributed by atoms with Gasteiger partial charge in [-0.2, -0.15) is 0 Å². The molecule has 7 heteroatoms. The lowest BCUT2D eigenvalue weighted by molar-refractivity contribution is -0.121. The molecule has 24 heavy (non-hydrogen) atoms.